The van der Waals surface area contributed by atoms with Crippen LogP contribution in [0.1, 0.15) is 46.0 Å². The first-order valence-corrected chi connectivity index (χ1v) is 5.01. The SMILES string of the molecule is C=CC/C(CCC)=C(\C#N)CCC. The molecule has 0 saturated carbocycles. The molecular weight excluding hydrogens is 158 g/mol. The molecule has 0 aromatic heterocycles. The van der Waals surface area contributed by atoms with E-state index < -0.39 is 0 Å². The molecule has 0 fully saturated rings. The van der Waals surface area contributed by atoms with Gasteiger partial charge in [-0.05, 0) is 19.3 Å². The lowest BCUT2D eigenvalue weighted by atomic mass is 9.98. The summed E-state index contributed by atoms with van der Waals surface area (Å²) < 4.78 is 0. The fourth-order valence-corrected chi connectivity index (χ4v) is 1.41. The molecule has 0 spiro atoms. The molecule has 0 aliphatic heterocycles. The summed E-state index contributed by atoms with van der Waals surface area (Å²) in [7, 11) is 0. The molecular formula is C12H19N. The van der Waals surface area contributed by atoms with Crippen molar-refractivity contribution in [1.29, 1.82) is 5.26 Å². The van der Waals surface area contributed by atoms with Gasteiger partial charge in [-0.15, -0.1) is 6.58 Å². The van der Waals surface area contributed by atoms with Crippen molar-refractivity contribution in [2.24, 2.45) is 0 Å². The van der Waals surface area contributed by atoms with Gasteiger partial charge in [0.1, 0.15) is 0 Å². The first-order valence-electron chi connectivity index (χ1n) is 5.01. The third-order valence-corrected chi connectivity index (χ3v) is 2.00. The van der Waals surface area contributed by atoms with Crippen LogP contribution in [-0.4, -0.2) is 0 Å². The van der Waals surface area contributed by atoms with Gasteiger partial charge in [0.05, 0.1) is 6.07 Å². The molecule has 1 heteroatoms. The highest BCUT2D eigenvalue weighted by Gasteiger charge is 2.03. The molecule has 0 unspecified atom stereocenters. The maximum absolute atomic E-state index is 8.94. The normalized spacial score (nSPS) is 11.8. The fraction of sp³-hybridized carbons (Fsp3) is 0.583. The lowest BCUT2D eigenvalue weighted by molar-refractivity contribution is 0.835. The van der Waals surface area contributed by atoms with E-state index in [-0.39, 0.29) is 0 Å². The van der Waals surface area contributed by atoms with E-state index in [2.05, 4.69) is 26.5 Å². The van der Waals surface area contributed by atoms with Crippen LogP contribution in [0.3, 0.4) is 0 Å². The number of nitriles is 1. The van der Waals surface area contributed by atoms with E-state index >= 15 is 0 Å². The summed E-state index contributed by atoms with van der Waals surface area (Å²) in [6, 6.07) is 2.30. The molecule has 0 heterocycles. The van der Waals surface area contributed by atoms with Crippen LogP contribution in [0.5, 0.6) is 0 Å². The van der Waals surface area contributed by atoms with Gasteiger partial charge < -0.3 is 0 Å². The van der Waals surface area contributed by atoms with Crippen molar-refractivity contribution in [3.8, 4) is 6.07 Å². The highest BCUT2D eigenvalue weighted by Crippen LogP contribution is 2.18. The molecule has 0 saturated heterocycles. The maximum Gasteiger partial charge on any atom is 0.0946 e. The van der Waals surface area contributed by atoms with Gasteiger partial charge in [0, 0.05) is 5.57 Å². The van der Waals surface area contributed by atoms with E-state index in [1.165, 1.54) is 5.57 Å². The molecule has 0 aliphatic carbocycles. The van der Waals surface area contributed by atoms with E-state index in [4.69, 9.17) is 5.26 Å². The Hall–Kier alpha value is -1.03. The van der Waals surface area contributed by atoms with Gasteiger partial charge >= 0.3 is 0 Å². The molecule has 0 aromatic carbocycles. The largest absolute Gasteiger partial charge is 0.193 e. The van der Waals surface area contributed by atoms with Crippen LogP contribution in [0.15, 0.2) is 23.8 Å². The van der Waals surface area contributed by atoms with Gasteiger partial charge in [0.25, 0.3) is 0 Å². The molecule has 0 atom stereocenters. The maximum atomic E-state index is 8.94. The zero-order chi connectivity index (χ0) is 10.1. The van der Waals surface area contributed by atoms with Crippen molar-refractivity contribution in [1.82, 2.24) is 0 Å². The Balaban J connectivity index is 4.56. The minimum absolute atomic E-state index is 0.872. The first-order chi connectivity index (χ1) is 6.29. The lowest BCUT2D eigenvalue weighted by Gasteiger charge is -2.06. The molecule has 0 N–H and O–H groups in total. The van der Waals surface area contributed by atoms with Gasteiger partial charge in [-0.2, -0.15) is 5.26 Å². The first kappa shape index (κ1) is 12.0. The molecule has 13 heavy (non-hydrogen) atoms. The molecule has 0 radical (unpaired) electrons. The zero-order valence-corrected chi connectivity index (χ0v) is 8.77. The predicted molar refractivity (Wildman–Crippen MR) is 57.3 cm³/mol. The molecule has 0 bridgehead atoms. The van der Waals surface area contributed by atoms with Crippen LogP contribution in [0.25, 0.3) is 0 Å². The van der Waals surface area contributed by atoms with E-state index in [9.17, 15) is 0 Å². The second kappa shape index (κ2) is 7.61. The zero-order valence-electron chi connectivity index (χ0n) is 8.77. The molecule has 0 amide bonds. The average molecular weight is 177 g/mol. The van der Waals surface area contributed by atoms with Gasteiger partial charge in [-0.3, -0.25) is 0 Å². The summed E-state index contributed by atoms with van der Waals surface area (Å²) in [6.07, 6.45) is 6.87. The Bertz CT molecular complexity index is 218. The van der Waals surface area contributed by atoms with Gasteiger partial charge in [-0.25, -0.2) is 0 Å². The number of rotatable bonds is 6. The van der Waals surface area contributed by atoms with Crippen molar-refractivity contribution in [3.63, 3.8) is 0 Å². The summed E-state index contributed by atoms with van der Waals surface area (Å²) in [4.78, 5) is 0. The van der Waals surface area contributed by atoms with Crippen molar-refractivity contribution < 1.29 is 0 Å². The standard InChI is InChI=1S/C12H19N/c1-4-7-11(8-5-2)12(10-13)9-6-3/h4H,1,5-9H2,2-3H3/b12-11+. The van der Waals surface area contributed by atoms with Gasteiger partial charge in [-0.1, -0.05) is 38.3 Å². The van der Waals surface area contributed by atoms with Crippen molar-refractivity contribution >= 4 is 0 Å². The molecule has 72 valence electrons. The smallest absolute Gasteiger partial charge is 0.0946 e. The second-order valence-corrected chi connectivity index (χ2v) is 3.19. The summed E-state index contributed by atoms with van der Waals surface area (Å²) in [5.41, 5.74) is 2.26. The highest BCUT2D eigenvalue weighted by atomic mass is 14.3. The monoisotopic (exact) mass is 177 g/mol. The van der Waals surface area contributed by atoms with E-state index in [0.29, 0.717) is 0 Å². The number of nitrogens with zero attached hydrogens (tertiary/aromatic N) is 1. The Labute approximate surface area is 81.8 Å². The van der Waals surface area contributed by atoms with E-state index in [1.807, 2.05) is 6.08 Å². The van der Waals surface area contributed by atoms with E-state index in [1.54, 1.807) is 0 Å². The summed E-state index contributed by atoms with van der Waals surface area (Å²) in [5, 5.41) is 8.94. The van der Waals surface area contributed by atoms with E-state index in [0.717, 1.165) is 37.7 Å². The van der Waals surface area contributed by atoms with Crippen LogP contribution >= 0.6 is 0 Å². The summed E-state index contributed by atoms with van der Waals surface area (Å²) in [6.45, 7) is 7.96. The van der Waals surface area contributed by atoms with Gasteiger partial charge in [0.2, 0.25) is 0 Å². The Morgan fingerprint density at radius 1 is 1.31 bits per heavy atom. The predicted octanol–water partition coefficient (Wildman–Crippen LogP) is 3.98. The minimum atomic E-state index is 0.872. The van der Waals surface area contributed by atoms with Crippen LogP contribution in [0.4, 0.5) is 0 Å². The third kappa shape index (κ3) is 4.52. The van der Waals surface area contributed by atoms with Crippen LogP contribution in [0.2, 0.25) is 0 Å². The van der Waals surface area contributed by atoms with Crippen LogP contribution in [0, 0.1) is 11.3 Å². The lowest BCUT2D eigenvalue weighted by Crippen LogP contribution is -1.90. The Kier molecular flexibility index (Phi) is 7.01. The number of hydrogen-bond donors (Lipinski definition) is 0. The second-order valence-electron chi connectivity index (χ2n) is 3.19. The van der Waals surface area contributed by atoms with Crippen molar-refractivity contribution in [2.45, 2.75) is 46.0 Å². The minimum Gasteiger partial charge on any atom is -0.193 e. The summed E-state index contributed by atoms with van der Waals surface area (Å²) in [5.74, 6) is 0. The van der Waals surface area contributed by atoms with Gasteiger partial charge in [0.15, 0.2) is 0 Å². The summed E-state index contributed by atoms with van der Waals surface area (Å²) >= 11 is 0. The molecule has 0 rings (SSSR count). The fourth-order valence-electron chi connectivity index (χ4n) is 1.41. The number of allylic oxidation sites excluding steroid dienone is 3. The molecule has 1 nitrogen and oxygen atoms in total. The molecule has 0 aromatic rings. The average Bonchev–Trinajstić information content (AvgIpc) is 2.14. The van der Waals surface area contributed by atoms with Crippen LogP contribution < -0.4 is 0 Å². The van der Waals surface area contributed by atoms with Crippen molar-refractivity contribution in [2.75, 3.05) is 0 Å². The third-order valence-electron chi connectivity index (χ3n) is 2.00. The Morgan fingerprint density at radius 2 is 1.92 bits per heavy atom. The Morgan fingerprint density at radius 3 is 2.31 bits per heavy atom. The van der Waals surface area contributed by atoms with Crippen LogP contribution in [-0.2, 0) is 0 Å². The topological polar surface area (TPSA) is 23.8 Å². The molecule has 0 aliphatic rings. The highest BCUT2D eigenvalue weighted by molar-refractivity contribution is 5.29. The number of hydrogen-bond acceptors (Lipinski definition) is 1. The quantitative estimate of drug-likeness (QED) is 0.444. The van der Waals surface area contributed by atoms with Crippen molar-refractivity contribution in [3.05, 3.63) is 23.8 Å².